The Labute approximate surface area is 289 Å². The predicted octanol–water partition coefficient (Wildman–Crippen LogP) is 2.69. The van der Waals surface area contributed by atoms with Crippen LogP contribution in [-0.2, 0) is 19.1 Å². The standard InChI is InChI=1S/C33H50ClN7O5.ClH/c1-23(2)41(11-10-38(4)29(43)21-46-18-17-45-16-9-35)20-27(25-5-7-26(34)8-6-25)33(44)40-14-12-39(13-15-40)32-30-24(3)19-28(42)31(30)36-22-37-32;/h5-8,22-24,27-28,42H,9-21,35H2,1-4H3;1H/t24-,27?,28-;/m1./s1. The van der Waals surface area contributed by atoms with Crippen molar-refractivity contribution in [3.63, 3.8) is 0 Å². The molecule has 1 aromatic carbocycles. The zero-order chi connectivity index (χ0) is 33.2. The Morgan fingerprint density at radius 3 is 2.40 bits per heavy atom. The molecular formula is C33H51Cl2N7O5. The average molecular weight is 697 g/mol. The molecule has 47 heavy (non-hydrogen) atoms. The van der Waals surface area contributed by atoms with Crippen LogP contribution in [0.5, 0.6) is 0 Å². The number of hydrogen-bond acceptors (Lipinski definition) is 10. The molecule has 1 aliphatic heterocycles. The molecule has 1 aliphatic carbocycles. The van der Waals surface area contributed by atoms with Crippen LogP contribution in [0, 0.1) is 0 Å². The number of aliphatic hydroxyl groups excluding tert-OH is 1. The molecule has 14 heteroatoms. The first kappa shape index (κ1) is 38.9. The van der Waals surface area contributed by atoms with Crippen molar-refractivity contribution in [1.29, 1.82) is 0 Å². The van der Waals surface area contributed by atoms with Crippen LogP contribution in [0.15, 0.2) is 30.6 Å². The SMILES string of the molecule is CC(C)N(CCN(C)C(=O)COCCOCCN)CC(C(=O)N1CCN(c2ncnc3c2[C@H](C)C[C@H]3O)CC1)c1ccc(Cl)cc1.Cl. The van der Waals surface area contributed by atoms with E-state index in [0.29, 0.717) is 83.6 Å². The normalized spacial score (nSPS) is 18.3. The first-order valence-corrected chi connectivity index (χ1v) is 16.6. The molecule has 0 saturated carbocycles. The molecular weight excluding hydrogens is 645 g/mol. The monoisotopic (exact) mass is 695 g/mol. The maximum Gasteiger partial charge on any atom is 0.248 e. The van der Waals surface area contributed by atoms with E-state index in [9.17, 15) is 14.7 Å². The Bertz CT molecular complexity index is 1280. The largest absolute Gasteiger partial charge is 0.387 e. The van der Waals surface area contributed by atoms with Crippen LogP contribution >= 0.6 is 24.0 Å². The summed E-state index contributed by atoms with van der Waals surface area (Å²) >= 11 is 6.22. The number of nitrogens with zero attached hydrogens (tertiary/aromatic N) is 6. The first-order valence-electron chi connectivity index (χ1n) is 16.3. The van der Waals surface area contributed by atoms with E-state index in [2.05, 4.69) is 40.5 Å². The molecule has 1 unspecified atom stereocenters. The Morgan fingerprint density at radius 2 is 1.74 bits per heavy atom. The second kappa shape index (κ2) is 18.8. The number of rotatable bonds is 16. The topological polar surface area (TPSA) is 138 Å². The number of anilines is 1. The van der Waals surface area contributed by atoms with Crippen LogP contribution < -0.4 is 10.6 Å². The zero-order valence-electron chi connectivity index (χ0n) is 28.0. The predicted molar refractivity (Wildman–Crippen MR) is 185 cm³/mol. The van der Waals surface area contributed by atoms with Gasteiger partial charge in [0.1, 0.15) is 18.8 Å². The minimum Gasteiger partial charge on any atom is -0.387 e. The van der Waals surface area contributed by atoms with Gasteiger partial charge in [-0.3, -0.25) is 14.5 Å². The smallest absolute Gasteiger partial charge is 0.248 e. The number of amides is 2. The number of likely N-dealkylation sites (N-methyl/N-ethyl adjacent to an activating group) is 1. The van der Waals surface area contributed by atoms with E-state index in [1.807, 2.05) is 29.2 Å². The van der Waals surface area contributed by atoms with Crippen molar-refractivity contribution >= 4 is 41.6 Å². The molecule has 1 aromatic heterocycles. The lowest BCUT2D eigenvalue weighted by Gasteiger charge is -2.39. The van der Waals surface area contributed by atoms with Gasteiger partial charge in [-0.05, 0) is 43.9 Å². The number of fused-ring (bicyclic) bond motifs is 1. The van der Waals surface area contributed by atoms with Gasteiger partial charge in [0.2, 0.25) is 11.8 Å². The number of ether oxygens (including phenoxy) is 2. The molecule has 3 N–H and O–H groups in total. The molecule has 12 nitrogen and oxygen atoms in total. The fourth-order valence-electron chi connectivity index (χ4n) is 6.11. The summed E-state index contributed by atoms with van der Waals surface area (Å²) in [7, 11) is 1.77. The highest BCUT2D eigenvalue weighted by Crippen LogP contribution is 2.42. The third kappa shape index (κ3) is 10.5. The summed E-state index contributed by atoms with van der Waals surface area (Å²) in [5.74, 6) is 0.607. The number of benzene rings is 1. The number of piperazine rings is 1. The van der Waals surface area contributed by atoms with Crippen molar-refractivity contribution in [2.24, 2.45) is 5.73 Å². The molecule has 262 valence electrons. The fraction of sp³-hybridized carbons (Fsp3) is 0.636. The van der Waals surface area contributed by atoms with Gasteiger partial charge >= 0.3 is 0 Å². The summed E-state index contributed by atoms with van der Waals surface area (Å²) in [4.78, 5) is 43.9. The summed E-state index contributed by atoms with van der Waals surface area (Å²) in [6, 6.07) is 7.67. The molecule has 3 atom stereocenters. The lowest BCUT2D eigenvalue weighted by molar-refractivity contribution is -0.136. The van der Waals surface area contributed by atoms with Crippen LogP contribution in [0.4, 0.5) is 5.82 Å². The Hall–Kier alpha value is -2.58. The minimum absolute atomic E-state index is 0. The Morgan fingerprint density at radius 1 is 1.06 bits per heavy atom. The lowest BCUT2D eigenvalue weighted by Crippen LogP contribution is -2.52. The van der Waals surface area contributed by atoms with E-state index in [-0.39, 0.29) is 42.8 Å². The molecule has 2 aliphatic rings. The molecule has 0 bridgehead atoms. The number of halogens is 2. The number of aromatic nitrogens is 2. The number of aliphatic hydroxyl groups is 1. The molecule has 0 radical (unpaired) electrons. The quantitative estimate of drug-likeness (QED) is 0.252. The van der Waals surface area contributed by atoms with Crippen molar-refractivity contribution in [1.82, 2.24) is 24.7 Å². The van der Waals surface area contributed by atoms with Gasteiger partial charge in [-0.15, -0.1) is 12.4 Å². The van der Waals surface area contributed by atoms with Crippen molar-refractivity contribution < 1.29 is 24.2 Å². The second-order valence-corrected chi connectivity index (χ2v) is 12.9. The van der Waals surface area contributed by atoms with Crippen LogP contribution in [0.1, 0.15) is 62.0 Å². The summed E-state index contributed by atoms with van der Waals surface area (Å²) in [6.07, 6.45) is 1.62. The number of hydrogen-bond donors (Lipinski definition) is 2. The van der Waals surface area contributed by atoms with E-state index in [0.717, 1.165) is 22.6 Å². The van der Waals surface area contributed by atoms with Crippen LogP contribution in [-0.4, -0.2) is 133 Å². The first-order chi connectivity index (χ1) is 22.1. The number of carbonyl (C=O) groups excluding carboxylic acids is 2. The van der Waals surface area contributed by atoms with Gasteiger partial charge in [0.25, 0.3) is 0 Å². The van der Waals surface area contributed by atoms with Crippen molar-refractivity contribution in [3.8, 4) is 0 Å². The highest BCUT2D eigenvalue weighted by atomic mass is 35.5. The lowest BCUT2D eigenvalue weighted by atomic mass is 9.95. The molecule has 1 saturated heterocycles. The molecule has 4 rings (SSSR count). The van der Waals surface area contributed by atoms with E-state index >= 15 is 0 Å². The number of carbonyl (C=O) groups is 2. The summed E-state index contributed by atoms with van der Waals surface area (Å²) in [6.45, 7) is 12.0. The third-order valence-corrected chi connectivity index (χ3v) is 9.15. The molecule has 1 fully saturated rings. The van der Waals surface area contributed by atoms with E-state index < -0.39 is 12.0 Å². The van der Waals surface area contributed by atoms with Crippen LogP contribution in [0.2, 0.25) is 5.02 Å². The highest BCUT2D eigenvalue weighted by Gasteiger charge is 2.35. The summed E-state index contributed by atoms with van der Waals surface area (Å²) < 4.78 is 10.7. The highest BCUT2D eigenvalue weighted by molar-refractivity contribution is 6.30. The summed E-state index contributed by atoms with van der Waals surface area (Å²) in [5.41, 5.74) is 8.07. The van der Waals surface area contributed by atoms with Gasteiger partial charge in [-0.2, -0.15) is 0 Å². The van der Waals surface area contributed by atoms with Gasteiger partial charge in [0.05, 0.1) is 37.5 Å². The Kier molecular flexibility index (Phi) is 15.6. The van der Waals surface area contributed by atoms with Crippen molar-refractivity contribution in [2.75, 3.05) is 90.7 Å². The zero-order valence-corrected chi connectivity index (χ0v) is 29.6. The van der Waals surface area contributed by atoms with Gasteiger partial charge in [-0.25, -0.2) is 9.97 Å². The third-order valence-electron chi connectivity index (χ3n) is 8.90. The minimum atomic E-state index is -0.559. The second-order valence-electron chi connectivity index (χ2n) is 12.4. The van der Waals surface area contributed by atoms with Crippen molar-refractivity contribution in [2.45, 2.75) is 51.2 Å². The van der Waals surface area contributed by atoms with Gasteiger partial charge in [0.15, 0.2) is 0 Å². The van der Waals surface area contributed by atoms with Gasteiger partial charge in [0, 0.05) is 76.0 Å². The summed E-state index contributed by atoms with van der Waals surface area (Å²) in [5, 5.41) is 11.1. The van der Waals surface area contributed by atoms with Crippen molar-refractivity contribution in [3.05, 3.63) is 52.4 Å². The van der Waals surface area contributed by atoms with E-state index in [1.165, 1.54) is 6.33 Å². The van der Waals surface area contributed by atoms with Crippen LogP contribution in [0.3, 0.4) is 0 Å². The average Bonchev–Trinajstić information content (AvgIpc) is 3.35. The van der Waals surface area contributed by atoms with E-state index in [4.69, 9.17) is 26.8 Å². The van der Waals surface area contributed by atoms with Crippen LogP contribution in [0.25, 0.3) is 0 Å². The fourth-order valence-corrected chi connectivity index (χ4v) is 6.23. The molecule has 0 spiro atoms. The van der Waals surface area contributed by atoms with Gasteiger partial charge in [-0.1, -0.05) is 30.7 Å². The molecule has 2 aromatic rings. The Balaban J connectivity index is 0.00000600. The van der Waals surface area contributed by atoms with Gasteiger partial charge < -0.3 is 35.0 Å². The number of nitrogens with two attached hydrogens (primary N) is 1. The molecule has 2 heterocycles. The molecule has 2 amide bonds. The maximum atomic E-state index is 14.2. The maximum absolute atomic E-state index is 14.2. The van der Waals surface area contributed by atoms with E-state index in [1.54, 1.807) is 11.9 Å².